The van der Waals surface area contributed by atoms with Crippen LogP contribution in [0.5, 0.6) is 0 Å². The standard InChI is InChI=1S/C11H12ClF3N2O2.ClH/c1-19-9(5-16)10(18)17-6-2-3-8(12)7(4-6)11(13,14)15;/h2-4,9H,5,16H2,1H3,(H,17,18);1H. The SMILES string of the molecule is COC(CN)C(=O)Nc1ccc(Cl)c(C(F)(F)F)c1.Cl. The fourth-order valence-electron chi connectivity index (χ4n) is 1.35. The second-order valence-corrected chi connectivity index (χ2v) is 4.05. The summed E-state index contributed by atoms with van der Waals surface area (Å²) >= 11 is 5.46. The first-order valence-electron chi connectivity index (χ1n) is 5.20. The molecule has 3 N–H and O–H groups in total. The van der Waals surface area contributed by atoms with Gasteiger partial charge in [-0.3, -0.25) is 4.79 Å². The van der Waals surface area contributed by atoms with Crippen LogP contribution in [0.15, 0.2) is 18.2 Å². The molecule has 1 amide bonds. The molecule has 0 radical (unpaired) electrons. The number of benzene rings is 1. The Morgan fingerprint density at radius 1 is 1.50 bits per heavy atom. The number of amides is 1. The minimum absolute atomic E-state index is 0. The van der Waals surface area contributed by atoms with Gasteiger partial charge in [0.05, 0.1) is 10.6 Å². The molecule has 9 heteroatoms. The van der Waals surface area contributed by atoms with Gasteiger partial charge in [-0.2, -0.15) is 13.2 Å². The second kappa shape index (κ2) is 7.68. The highest BCUT2D eigenvalue weighted by atomic mass is 35.5. The number of alkyl halides is 3. The first kappa shape index (κ1) is 19.0. The van der Waals surface area contributed by atoms with Crippen molar-refractivity contribution in [2.45, 2.75) is 12.3 Å². The van der Waals surface area contributed by atoms with E-state index in [1.807, 2.05) is 0 Å². The Morgan fingerprint density at radius 2 is 2.10 bits per heavy atom. The summed E-state index contributed by atoms with van der Waals surface area (Å²) in [6.45, 7) is -0.0813. The van der Waals surface area contributed by atoms with Gasteiger partial charge in [-0.1, -0.05) is 11.6 Å². The molecule has 1 unspecified atom stereocenters. The lowest BCUT2D eigenvalue weighted by molar-refractivity contribution is -0.137. The van der Waals surface area contributed by atoms with Gasteiger partial charge in [-0.25, -0.2) is 0 Å². The van der Waals surface area contributed by atoms with Gasteiger partial charge in [0.25, 0.3) is 5.91 Å². The Balaban J connectivity index is 0.00000361. The van der Waals surface area contributed by atoms with Crippen LogP contribution in [0.2, 0.25) is 5.02 Å². The van der Waals surface area contributed by atoms with Crippen LogP contribution < -0.4 is 11.1 Å². The van der Waals surface area contributed by atoms with Crippen molar-refractivity contribution in [1.82, 2.24) is 0 Å². The molecule has 0 aliphatic carbocycles. The summed E-state index contributed by atoms with van der Waals surface area (Å²) in [6, 6.07) is 3.08. The third kappa shape index (κ3) is 4.82. The van der Waals surface area contributed by atoms with E-state index < -0.39 is 28.8 Å². The number of hydrogen-bond acceptors (Lipinski definition) is 3. The Morgan fingerprint density at radius 3 is 2.55 bits per heavy atom. The molecule has 0 bridgehead atoms. The van der Waals surface area contributed by atoms with E-state index in [1.165, 1.54) is 13.2 Å². The van der Waals surface area contributed by atoms with E-state index in [2.05, 4.69) is 5.32 Å². The van der Waals surface area contributed by atoms with E-state index in [9.17, 15) is 18.0 Å². The van der Waals surface area contributed by atoms with Gasteiger partial charge in [0.1, 0.15) is 6.10 Å². The van der Waals surface area contributed by atoms with Gasteiger partial charge >= 0.3 is 6.18 Å². The van der Waals surface area contributed by atoms with Crippen molar-refractivity contribution >= 4 is 35.6 Å². The van der Waals surface area contributed by atoms with Crippen LogP contribution in [0.25, 0.3) is 0 Å². The Hall–Kier alpha value is -1.02. The Kier molecular flexibility index (Phi) is 7.29. The molecule has 1 atom stereocenters. The smallest absolute Gasteiger partial charge is 0.370 e. The van der Waals surface area contributed by atoms with Gasteiger partial charge in [0.2, 0.25) is 0 Å². The maximum absolute atomic E-state index is 12.6. The van der Waals surface area contributed by atoms with Gasteiger partial charge in [0.15, 0.2) is 0 Å². The van der Waals surface area contributed by atoms with Crippen molar-refractivity contribution in [3.05, 3.63) is 28.8 Å². The summed E-state index contributed by atoms with van der Waals surface area (Å²) in [6.07, 6.45) is -5.52. The molecule has 4 nitrogen and oxygen atoms in total. The highest BCUT2D eigenvalue weighted by Gasteiger charge is 2.33. The predicted molar refractivity (Wildman–Crippen MR) is 72.2 cm³/mol. The van der Waals surface area contributed by atoms with Gasteiger partial charge < -0.3 is 15.8 Å². The lowest BCUT2D eigenvalue weighted by atomic mass is 10.2. The molecule has 1 rings (SSSR count). The molecule has 20 heavy (non-hydrogen) atoms. The zero-order valence-electron chi connectivity index (χ0n) is 10.3. The monoisotopic (exact) mass is 332 g/mol. The van der Waals surface area contributed by atoms with Crippen molar-refractivity contribution in [3.63, 3.8) is 0 Å². The predicted octanol–water partition coefficient (Wildman–Crippen LogP) is 2.69. The fraction of sp³-hybridized carbons (Fsp3) is 0.364. The van der Waals surface area contributed by atoms with E-state index in [1.54, 1.807) is 0 Å². The molecule has 0 saturated heterocycles. The maximum atomic E-state index is 12.6. The molecule has 0 heterocycles. The summed E-state index contributed by atoms with van der Waals surface area (Å²) in [5, 5.41) is 1.84. The van der Waals surface area contributed by atoms with Crippen LogP contribution in [0.1, 0.15) is 5.56 Å². The summed E-state index contributed by atoms with van der Waals surface area (Å²) in [7, 11) is 1.28. The Bertz CT molecular complexity index is 465. The molecule has 0 spiro atoms. The average molecular weight is 333 g/mol. The zero-order chi connectivity index (χ0) is 14.6. The third-order valence-electron chi connectivity index (χ3n) is 2.33. The van der Waals surface area contributed by atoms with Crippen LogP contribution in [0, 0.1) is 0 Å². The topological polar surface area (TPSA) is 64.3 Å². The fourth-order valence-corrected chi connectivity index (χ4v) is 1.58. The number of halogens is 5. The largest absolute Gasteiger partial charge is 0.417 e. The number of anilines is 1. The van der Waals surface area contributed by atoms with Gasteiger partial charge in [-0.05, 0) is 18.2 Å². The lowest BCUT2D eigenvalue weighted by Crippen LogP contribution is -2.35. The van der Waals surface area contributed by atoms with E-state index in [0.29, 0.717) is 0 Å². The molecule has 0 aromatic heterocycles. The summed E-state index contributed by atoms with van der Waals surface area (Å²) in [5.74, 6) is -0.625. The second-order valence-electron chi connectivity index (χ2n) is 3.64. The third-order valence-corrected chi connectivity index (χ3v) is 2.66. The molecular formula is C11H13Cl2F3N2O2. The van der Waals surface area contributed by atoms with Crippen LogP contribution in [0.3, 0.4) is 0 Å². The highest BCUT2D eigenvalue weighted by Crippen LogP contribution is 2.36. The van der Waals surface area contributed by atoms with E-state index in [0.717, 1.165) is 12.1 Å². The van der Waals surface area contributed by atoms with Crippen LogP contribution in [-0.4, -0.2) is 25.7 Å². The first-order chi connectivity index (χ1) is 8.79. The molecule has 0 aliphatic heterocycles. The number of nitrogens with one attached hydrogen (secondary N) is 1. The van der Waals surface area contributed by atoms with Crippen LogP contribution in [-0.2, 0) is 15.7 Å². The molecule has 0 fully saturated rings. The maximum Gasteiger partial charge on any atom is 0.417 e. The molecule has 1 aromatic carbocycles. The minimum atomic E-state index is -4.59. The normalized spacial score (nSPS) is 12.5. The van der Waals surface area contributed by atoms with Crippen LogP contribution >= 0.6 is 24.0 Å². The van der Waals surface area contributed by atoms with Gasteiger partial charge in [-0.15, -0.1) is 12.4 Å². The van der Waals surface area contributed by atoms with E-state index in [-0.39, 0.29) is 24.6 Å². The van der Waals surface area contributed by atoms with Crippen molar-refractivity contribution in [1.29, 1.82) is 0 Å². The number of carbonyl (C=O) groups is 1. The Labute approximate surface area is 124 Å². The quantitative estimate of drug-likeness (QED) is 0.890. The summed E-state index contributed by atoms with van der Waals surface area (Å²) < 4.78 is 42.6. The highest BCUT2D eigenvalue weighted by molar-refractivity contribution is 6.31. The minimum Gasteiger partial charge on any atom is -0.370 e. The van der Waals surface area contributed by atoms with Crippen molar-refractivity contribution < 1.29 is 22.7 Å². The van der Waals surface area contributed by atoms with Crippen molar-refractivity contribution in [3.8, 4) is 0 Å². The van der Waals surface area contributed by atoms with E-state index >= 15 is 0 Å². The molecule has 114 valence electrons. The number of ether oxygens (including phenoxy) is 1. The summed E-state index contributed by atoms with van der Waals surface area (Å²) in [4.78, 5) is 11.6. The number of methoxy groups -OCH3 is 1. The molecule has 0 aliphatic rings. The number of hydrogen-bond donors (Lipinski definition) is 2. The number of nitrogens with two attached hydrogens (primary N) is 1. The molecular weight excluding hydrogens is 320 g/mol. The lowest BCUT2D eigenvalue weighted by Gasteiger charge is -2.15. The van der Waals surface area contributed by atoms with Crippen molar-refractivity contribution in [2.75, 3.05) is 19.0 Å². The molecule has 1 aromatic rings. The number of carbonyl (C=O) groups excluding carboxylic acids is 1. The van der Waals surface area contributed by atoms with E-state index in [4.69, 9.17) is 22.1 Å². The average Bonchev–Trinajstić information content (AvgIpc) is 2.31. The number of rotatable bonds is 4. The first-order valence-corrected chi connectivity index (χ1v) is 5.58. The zero-order valence-corrected chi connectivity index (χ0v) is 11.9. The van der Waals surface area contributed by atoms with Crippen LogP contribution in [0.4, 0.5) is 18.9 Å². The van der Waals surface area contributed by atoms with Crippen molar-refractivity contribution in [2.24, 2.45) is 5.73 Å². The van der Waals surface area contributed by atoms with Gasteiger partial charge in [0, 0.05) is 19.3 Å². The molecule has 0 saturated carbocycles. The summed E-state index contributed by atoms with van der Waals surface area (Å²) in [5.41, 5.74) is 4.22.